The first-order chi connectivity index (χ1) is 9.11. The van der Waals surface area contributed by atoms with Crippen molar-refractivity contribution in [3.63, 3.8) is 0 Å². The fourth-order valence-corrected chi connectivity index (χ4v) is 2.81. The van der Waals surface area contributed by atoms with E-state index in [0.717, 1.165) is 43.5 Å². The van der Waals surface area contributed by atoms with Crippen LogP contribution in [-0.4, -0.2) is 12.5 Å². The minimum absolute atomic E-state index is 0.112. The van der Waals surface area contributed by atoms with Crippen molar-refractivity contribution in [2.45, 2.75) is 32.6 Å². The van der Waals surface area contributed by atoms with Gasteiger partial charge in [0.1, 0.15) is 0 Å². The average molecular weight is 281 g/mol. The van der Waals surface area contributed by atoms with Crippen molar-refractivity contribution in [1.82, 2.24) is 0 Å². The van der Waals surface area contributed by atoms with Gasteiger partial charge >= 0.3 is 0 Å². The third-order valence-electron chi connectivity index (χ3n) is 4.08. The van der Waals surface area contributed by atoms with Gasteiger partial charge in [-0.05, 0) is 62.8 Å². The lowest BCUT2D eigenvalue weighted by Gasteiger charge is -2.27. The Labute approximate surface area is 119 Å². The number of benzene rings is 1. The van der Waals surface area contributed by atoms with Crippen LogP contribution in [0.4, 0.5) is 5.69 Å². The summed E-state index contributed by atoms with van der Waals surface area (Å²) in [5.41, 5.74) is 7.41. The minimum atomic E-state index is 0.112. The molecule has 1 saturated carbocycles. The highest BCUT2D eigenvalue weighted by Gasteiger charge is 2.25. The Kier molecular flexibility index (Phi) is 4.83. The number of hydrogen-bond donors (Lipinski definition) is 2. The van der Waals surface area contributed by atoms with E-state index in [1.165, 1.54) is 0 Å². The molecule has 0 atom stereocenters. The lowest BCUT2D eigenvalue weighted by atomic mass is 9.81. The van der Waals surface area contributed by atoms with Crippen LogP contribution in [0, 0.1) is 18.8 Å². The molecule has 1 fully saturated rings. The van der Waals surface area contributed by atoms with E-state index in [1.54, 1.807) is 0 Å². The third kappa shape index (κ3) is 3.48. The standard InChI is InChI=1S/C15H21ClN2O/c1-10-13(16)3-2-4-14(10)18-15(19)12-7-5-11(9-17)6-8-12/h2-4,11-12H,5-9,17H2,1H3,(H,18,19). The first-order valence-corrected chi connectivity index (χ1v) is 7.25. The van der Waals surface area contributed by atoms with Gasteiger partial charge in [0.05, 0.1) is 0 Å². The SMILES string of the molecule is Cc1c(Cl)cccc1NC(=O)C1CCC(CN)CC1. The molecule has 1 amide bonds. The number of hydrogen-bond acceptors (Lipinski definition) is 2. The first-order valence-electron chi connectivity index (χ1n) is 6.88. The van der Waals surface area contributed by atoms with E-state index in [9.17, 15) is 4.79 Å². The van der Waals surface area contributed by atoms with Crippen LogP contribution in [0.5, 0.6) is 0 Å². The molecule has 1 aromatic carbocycles. The Morgan fingerprint density at radius 3 is 2.68 bits per heavy atom. The van der Waals surface area contributed by atoms with E-state index in [-0.39, 0.29) is 11.8 Å². The lowest BCUT2D eigenvalue weighted by molar-refractivity contribution is -0.121. The Morgan fingerprint density at radius 2 is 2.05 bits per heavy atom. The van der Waals surface area contributed by atoms with Gasteiger partial charge in [0.25, 0.3) is 0 Å². The zero-order valence-corrected chi connectivity index (χ0v) is 12.0. The molecule has 4 heteroatoms. The maximum absolute atomic E-state index is 12.2. The van der Waals surface area contributed by atoms with Crippen molar-refractivity contribution < 1.29 is 4.79 Å². The van der Waals surface area contributed by atoms with Crippen molar-refractivity contribution in [3.05, 3.63) is 28.8 Å². The van der Waals surface area contributed by atoms with Crippen LogP contribution in [0.25, 0.3) is 0 Å². The van der Waals surface area contributed by atoms with Gasteiger partial charge in [-0.1, -0.05) is 17.7 Å². The van der Waals surface area contributed by atoms with E-state index < -0.39 is 0 Å². The highest BCUT2D eigenvalue weighted by atomic mass is 35.5. The second kappa shape index (κ2) is 6.40. The van der Waals surface area contributed by atoms with Crippen LogP contribution in [0.1, 0.15) is 31.2 Å². The molecule has 19 heavy (non-hydrogen) atoms. The van der Waals surface area contributed by atoms with Gasteiger partial charge in [-0.25, -0.2) is 0 Å². The number of amides is 1. The summed E-state index contributed by atoms with van der Waals surface area (Å²) in [4.78, 5) is 12.2. The highest BCUT2D eigenvalue weighted by Crippen LogP contribution is 2.30. The summed E-state index contributed by atoms with van der Waals surface area (Å²) < 4.78 is 0. The lowest BCUT2D eigenvalue weighted by Crippen LogP contribution is -2.29. The molecule has 0 radical (unpaired) electrons. The number of carbonyl (C=O) groups excluding carboxylic acids is 1. The molecule has 0 aliphatic heterocycles. The molecular formula is C15H21ClN2O. The molecule has 0 spiro atoms. The first kappa shape index (κ1) is 14.4. The van der Waals surface area contributed by atoms with Gasteiger partial charge in [0.2, 0.25) is 5.91 Å². The summed E-state index contributed by atoms with van der Waals surface area (Å²) >= 11 is 6.06. The second-order valence-corrected chi connectivity index (χ2v) is 5.76. The van der Waals surface area contributed by atoms with Gasteiger partial charge in [-0.2, -0.15) is 0 Å². The van der Waals surface area contributed by atoms with E-state index in [4.69, 9.17) is 17.3 Å². The molecule has 0 heterocycles. The van der Waals surface area contributed by atoms with Crippen molar-refractivity contribution in [1.29, 1.82) is 0 Å². The van der Waals surface area contributed by atoms with Gasteiger partial charge in [-0.3, -0.25) is 4.79 Å². The molecule has 1 aliphatic rings. The number of carbonyl (C=O) groups is 1. The Balaban J connectivity index is 1.96. The smallest absolute Gasteiger partial charge is 0.227 e. The largest absolute Gasteiger partial charge is 0.330 e. The maximum Gasteiger partial charge on any atom is 0.227 e. The predicted octanol–water partition coefficient (Wildman–Crippen LogP) is 3.35. The van der Waals surface area contributed by atoms with Gasteiger partial charge in [0, 0.05) is 16.6 Å². The third-order valence-corrected chi connectivity index (χ3v) is 4.49. The zero-order valence-electron chi connectivity index (χ0n) is 11.3. The fraction of sp³-hybridized carbons (Fsp3) is 0.533. The van der Waals surface area contributed by atoms with Gasteiger partial charge < -0.3 is 11.1 Å². The fourth-order valence-electron chi connectivity index (χ4n) is 2.64. The molecule has 0 aromatic heterocycles. The van der Waals surface area contributed by atoms with Gasteiger partial charge in [0.15, 0.2) is 0 Å². The number of nitrogens with one attached hydrogen (secondary N) is 1. The minimum Gasteiger partial charge on any atom is -0.330 e. The summed E-state index contributed by atoms with van der Waals surface area (Å²) in [6, 6.07) is 5.58. The van der Waals surface area contributed by atoms with Crippen LogP contribution in [0.2, 0.25) is 5.02 Å². The molecule has 3 N–H and O–H groups in total. The number of nitrogens with two attached hydrogens (primary N) is 1. The summed E-state index contributed by atoms with van der Waals surface area (Å²) in [7, 11) is 0. The summed E-state index contributed by atoms with van der Waals surface area (Å²) in [5, 5.41) is 3.68. The molecule has 3 nitrogen and oxygen atoms in total. The molecule has 1 aliphatic carbocycles. The summed E-state index contributed by atoms with van der Waals surface area (Å²) in [6.07, 6.45) is 3.99. The van der Waals surface area contributed by atoms with Crippen molar-refractivity contribution in [3.8, 4) is 0 Å². The highest BCUT2D eigenvalue weighted by molar-refractivity contribution is 6.31. The van der Waals surface area contributed by atoms with Crippen LogP contribution in [-0.2, 0) is 4.79 Å². The van der Waals surface area contributed by atoms with E-state index in [0.29, 0.717) is 10.9 Å². The zero-order chi connectivity index (χ0) is 13.8. The van der Waals surface area contributed by atoms with E-state index in [2.05, 4.69) is 5.32 Å². The molecule has 0 saturated heterocycles. The molecule has 0 bridgehead atoms. The normalized spacial score (nSPS) is 23.1. The number of rotatable bonds is 3. The van der Waals surface area contributed by atoms with Crippen molar-refractivity contribution >= 4 is 23.2 Å². The van der Waals surface area contributed by atoms with E-state index >= 15 is 0 Å². The monoisotopic (exact) mass is 280 g/mol. The topological polar surface area (TPSA) is 55.1 Å². The van der Waals surface area contributed by atoms with Crippen LogP contribution in [0.15, 0.2) is 18.2 Å². The van der Waals surface area contributed by atoms with Crippen molar-refractivity contribution in [2.24, 2.45) is 17.6 Å². The molecule has 0 unspecified atom stereocenters. The number of anilines is 1. The maximum atomic E-state index is 12.2. The Bertz CT molecular complexity index is 453. The van der Waals surface area contributed by atoms with Crippen LogP contribution >= 0.6 is 11.6 Å². The Morgan fingerprint density at radius 1 is 1.37 bits per heavy atom. The quantitative estimate of drug-likeness (QED) is 0.892. The van der Waals surface area contributed by atoms with Crippen molar-refractivity contribution in [2.75, 3.05) is 11.9 Å². The average Bonchev–Trinajstić information content (AvgIpc) is 2.44. The van der Waals surface area contributed by atoms with E-state index in [1.807, 2.05) is 25.1 Å². The Hall–Kier alpha value is -1.06. The molecule has 104 valence electrons. The summed E-state index contributed by atoms with van der Waals surface area (Å²) in [5.74, 6) is 0.818. The van der Waals surface area contributed by atoms with Crippen LogP contribution in [0.3, 0.4) is 0 Å². The van der Waals surface area contributed by atoms with Crippen LogP contribution < -0.4 is 11.1 Å². The second-order valence-electron chi connectivity index (χ2n) is 5.35. The summed E-state index contributed by atoms with van der Waals surface area (Å²) in [6.45, 7) is 2.66. The van der Waals surface area contributed by atoms with Gasteiger partial charge in [-0.15, -0.1) is 0 Å². The molecule has 1 aromatic rings. The molecular weight excluding hydrogens is 260 g/mol. The molecule has 2 rings (SSSR count). The predicted molar refractivity (Wildman–Crippen MR) is 79.3 cm³/mol. The number of halogens is 1.